The van der Waals surface area contributed by atoms with Gasteiger partial charge in [0.05, 0.1) is 7.11 Å². The van der Waals surface area contributed by atoms with Crippen LogP contribution in [0.3, 0.4) is 0 Å². The number of rotatable bonds is 3. The molecule has 3 rings (SSSR count). The van der Waals surface area contributed by atoms with Gasteiger partial charge < -0.3 is 14.8 Å². The van der Waals surface area contributed by atoms with E-state index in [2.05, 4.69) is 24.4 Å². The minimum Gasteiger partial charge on any atom is -0.497 e. The Kier molecular flexibility index (Phi) is 4.39. The summed E-state index contributed by atoms with van der Waals surface area (Å²) < 4.78 is 11.7. The molecule has 0 saturated heterocycles. The van der Waals surface area contributed by atoms with Crippen molar-refractivity contribution >= 4 is 0 Å². The van der Waals surface area contributed by atoms with Crippen molar-refractivity contribution in [2.24, 2.45) is 11.8 Å². The Bertz CT molecular complexity index is 488. The molecule has 21 heavy (non-hydrogen) atoms. The summed E-state index contributed by atoms with van der Waals surface area (Å²) >= 11 is 0. The van der Waals surface area contributed by atoms with Gasteiger partial charge in [0.1, 0.15) is 17.6 Å². The summed E-state index contributed by atoms with van der Waals surface area (Å²) in [5.41, 5.74) is 1.23. The molecule has 1 aliphatic carbocycles. The number of nitrogens with one attached hydrogen (secondary N) is 1. The predicted molar refractivity (Wildman–Crippen MR) is 84.9 cm³/mol. The summed E-state index contributed by atoms with van der Waals surface area (Å²) in [6.07, 6.45) is 6.78. The van der Waals surface area contributed by atoms with Crippen molar-refractivity contribution in [2.45, 2.75) is 51.2 Å². The minimum absolute atomic E-state index is 0.353. The molecule has 1 fully saturated rings. The molecule has 3 nitrogen and oxygen atoms in total. The molecular formula is C18H27NO2. The van der Waals surface area contributed by atoms with Crippen molar-refractivity contribution in [3.05, 3.63) is 23.8 Å². The van der Waals surface area contributed by atoms with Gasteiger partial charge in [0, 0.05) is 18.0 Å². The normalized spacial score (nSPS) is 32.1. The predicted octanol–water partition coefficient (Wildman–Crippen LogP) is 3.93. The number of methoxy groups -OCH3 is 1. The van der Waals surface area contributed by atoms with Crippen molar-refractivity contribution in [3.63, 3.8) is 0 Å². The molecule has 0 bridgehead atoms. The standard InChI is InChI=1S/C18H27NO2/c1-12-5-4-6-13(9-12)18-11-16(19-2)15-10-14(20-3)7-8-17(15)21-18/h7-8,10,12-13,16,18-19H,4-6,9,11H2,1-3H3. The first kappa shape index (κ1) is 14.7. The van der Waals surface area contributed by atoms with Crippen LogP contribution in [0.5, 0.6) is 11.5 Å². The molecule has 1 aliphatic heterocycles. The van der Waals surface area contributed by atoms with Crippen LogP contribution in [-0.4, -0.2) is 20.3 Å². The molecule has 1 aromatic rings. The zero-order valence-electron chi connectivity index (χ0n) is 13.4. The average Bonchev–Trinajstić information content (AvgIpc) is 2.53. The zero-order chi connectivity index (χ0) is 14.8. The molecule has 0 radical (unpaired) electrons. The fraction of sp³-hybridized carbons (Fsp3) is 0.667. The van der Waals surface area contributed by atoms with E-state index < -0.39 is 0 Å². The SMILES string of the molecule is CNC1CC(C2CCCC(C)C2)Oc2ccc(OC)cc21. The van der Waals surface area contributed by atoms with Gasteiger partial charge in [-0.3, -0.25) is 0 Å². The Morgan fingerprint density at radius 3 is 2.81 bits per heavy atom. The molecule has 4 unspecified atom stereocenters. The number of hydrogen-bond donors (Lipinski definition) is 1. The van der Waals surface area contributed by atoms with E-state index in [1.165, 1.54) is 31.2 Å². The highest BCUT2D eigenvalue weighted by molar-refractivity contribution is 5.43. The van der Waals surface area contributed by atoms with E-state index in [1.54, 1.807) is 7.11 Å². The van der Waals surface area contributed by atoms with Crippen LogP contribution in [0.15, 0.2) is 18.2 Å². The summed E-state index contributed by atoms with van der Waals surface area (Å²) in [6, 6.07) is 6.54. The monoisotopic (exact) mass is 289 g/mol. The molecule has 1 N–H and O–H groups in total. The Morgan fingerprint density at radius 1 is 1.24 bits per heavy atom. The van der Waals surface area contributed by atoms with Crippen LogP contribution in [0.2, 0.25) is 0 Å². The summed E-state index contributed by atoms with van der Waals surface area (Å²) in [5, 5.41) is 3.46. The van der Waals surface area contributed by atoms with Crippen molar-refractivity contribution in [3.8, 4) is 11.5 Å². The molecule has 0 spiro atoms. The summed E-state index contributed by atoms with van der Waals surface area (Å²) in [5.74, 6) is 3.49. The van der Waals surface area contributed by atoms with E-state index in [9.17, 15) is 0 Å². The number of hydrogen-bond acceptors (Lipinski definition) is 3. The lowest BCUT2D eigenvalue weighted by Crippen LogP contribution is -2.38. The van der Waals surface area contributed by atoms with Gasteiger partial charge in [0.25, 0.3) is 0 Å². The zero-order valence-corrected chi connectivity index (χ0v) is 13.4. The molecule has 0 aromatic heterocycles. The molecule has 3 heteroatoms. The molecule has 2 aliphatic rings. The Labute approximate surface area is 128 Å². The van der Waals surface area contributed by atoms with Gasteiger partial charge in [-0.15, -0.1) is 0 Å². The Morgan fingerprint density at radius 2 is 2.10 bits per heavy atom. The second kappa shape index (κ2) is 6.27. The smallest absolute Gasteiger partial charge is 0.124 e. The quantitative estimate of drug-likeness (QED) is 0.914. The molecule has 1 heterocycles. The fourth-order valence-corrected chi connectivity index (χ4v) is 3.98. The largest absolute Gasteiger partial charge is 0.497 e. The van der Waals surface area contributed by atoms with Crippen molar-refractivity contribution in [2.75, 3.05) is 14.2 Å². The third-order valence-electron chi connectivity index (χ3n) is 5.19. The van der Waals surface area contributed by atoms with Gasteiger partial charge in [-0.1, -0.05) is 19.8 Å². The maximum absolute atomic E-state index is 6.36. The molecule has 1 saturated carbocycles. The van der Waals surface area contributed by atoms with Gasteiger partial charge in [0.15, 0.2) is 0 Å². The maximum Gasteiger partial charge on any atom is 0.124 e. The highest BCUT2D eigenvalue weighted by atomic mass is 16.5. The molecule has 4 atom stereocenters. The van der Waals surface area contributed by atoms with Crippen LogP contribution in [-0.2, 0) is 0 Å². The summed E-state index contributed by atoms with van der Waals surface area (Å²) in [4.78, 5) is 0. The number of ether oxygens (including phenoxy) is 2. The van der Waals surface area contributed by atoms with Crippen LogP contribution in [0.1, 0.15) is 50.6 Å². The first-order valence-corrected chi connectivity index (χ1v) is 8.23. The van der Waals surface area contributed by atoms with E-state index in [1.807, 2.05) is 13.1 Å². The molecule has 1 aromatic carbocycles. The van der Waals surface area contributed by atoms with Crippen LogP contribution in [0, 0.1) is 11.8 Å². The van der Waals surface area contributed by atoms with E-state index >= 15 is 0 Å². The minimum atomic E-state index is 0.353. The molecular weight excluding hydrogens is 262 g/mol. The maximum atomic E-state index is 6.36. The topological polar surface area (TPSA) is 30.5 Å². The highest BCUT2D eigenvalue weighted by Gasteiger charge is 2.34. The van der Waals surface area contributed by atoms with Gasteiger partial charge in [-0.05, 0) is 49.9 Å². The van der Waals surface area contributed by atoms with Crippen LogP contribution in [0.4, 0.5) is 0 Å². The number of fused-ring (bicyclic) bond motifs is 1. The lowest BCUT2D eigenvalue weighted by Gasteiger charge is -2.39. The number of benzene rings is 1. The van der Waals surface area contributed by atoms with Crippen molar-refractivity contribution < 1.29 is 9.47 Å². The third kappa shape index (κ3) is 3.03. The van der Waals surface area contributed by atoms with Gasteiger partial charge >= 0.3 is 0 Å². The average molecular weight is 289 g/mol. The van der Waals surface area contributed by atoms with Gasteiger partial charge in [-0.25, -0.2) is 0 Å². The molecule has 116 valence electrons. The Hall–Kier alpha value is -1.22. The Balaban J connectivity index is 1.81. The van der Waals surface area contributed by atoms with E-state index in [0.717, 1.165) is 23.8 Å². The van der Waals surface area contributed by atoms with Crippen molar-refractivity contribution in [1.82, 2.24) is 5.32 Å². The highest BCUT2D eigenvalue weighted by Crippen LogP contribution is 2.42. The van der Waals surface area contributed by atoms with Gasteiger partial charge in [0.2, 0.25) is 0 Å². The summed E-state index contributed by atoms with van der Waals surface area (Å²) in [7, 11) is 3.76. The first-order valence-electron chi connectivity index (χ1n) is 8.23. The van der Waals surface area contributed by atoms with Gasteiger partial charge in [-0.2, -0.15) is 0 Å². The van der Waals surface area contributed by atoms with E-state index in [0.29, 0.717) is 18.1 Å². The van der Waals surface area contributed by atoms with Crippen LogP contribution < -0.4 is 14.8 Å². The first-order chi connectivity index (χ1) is 10.2. The van der Waals surface area contributed by atoms with E-state index in [-0.39, 0.29) is 0 Å². The van der Waals surface area contributed by atoms with Crippen molar-refractivity contribution in [1.29, 1.82) is 0 Å². The second-order valence-corrected chi connectivity index (χ2v) is 6.67. The second-order valence-electron chi connectivity index (χ2n) is 6.67. The summed E-state index contributed by atoms with van der Waals surface area (Å²) in [6.45, 7) is 2.38. The third-order valence-corrected chi connectivity index (χ3v) is 5.19. The van der Waals surface area contributed by atoms with Crippen LogP contribution >= 0.6 is 0 Å². The van der Waals surface area contributed by atoms with E-state index in [4.69, 9.17) is 9.47 Å². The van der Waals surface area contributed by atoms with Crippen LogP contribution in [0.25, 0.3) is 0 Å². The lowest BCUT2D eigenvalue weighted by molar-refractivity contribution is 0.0625. The fourth-order valence-electron chi connectivity index (χ4n) is 3.98. The lowest BCUT2D eigenvalue weighted by atomic mass is 9.77. The molecule has 0 amide bonds.